The molecule has 0 saturated carbocycles. The van der Waals surface area contributed by atoms with Gasteiger partial charge in [-0.1, -0.05) is 12.5 Å². The van der Waals surface area contributed by atoms with Gasteiger partial charge in [-0.25, -0.2) is 4.79 Å². The molecule has 2 amide bonds. The lowest BCUT2D eigenvalue weighted by molar-refractivity contribution is -0.163. The molecule has 0 radical (unpaired) electrons. The normalized spacial score (nSPS) is 24.7. The highest BCUT2D eigenvalue weighted by atomic mass is 16.6. The Bertz CT molecular complexity index is 1560. The second-order valence-corrected chi connectivity index (χ2v) is 14.2. The smallest absolute Gasteiger partial charge is 0.415 e. The molecule has 4 aliphatic rings. The molecule has 1 fully saturated rings. The Balaban J connectivity index is 1.31. The first-order valence-electron chi connectivity index (χ1n) is 17.8. The molecule has 1 aromatic carbocycles. The number of nitrogens with two attached hydrogens (primary N) is 2. The molecule has 7 N–H and O–H groups in total. The van der Waals surface area contributed by atoms with Gasteiger partial charge in [0.05, 0.1) is 18.1 Å². The van der Waals surface area contributed by atoms with Crippen molar-refractivity contribution in [1.82, 2.24) is 15.1 Å². The van der Waals surface area contributed by atoms with Crippen LogP contribution in [-0.4, -0.2) is 114 Å². The fraction of sp³-hybridized carbons (Fsp3) is 0.639. The highest BCUT2D eigenvalue weighted by Crippen LogP contribution is 2.65. The number of hydrogen-bond acceptors (Lipinski definition) is 10. The minimum absolute atomic E-state index is 0.0281. The summed E-state index contributed by atoms with van der Waals surface area (Å²) in [6, 6.07) is 3.76. The predicted molar refractivity (Wildman–Crippen MR) is 187 cm³/mol. The van der Waals surface area contributed by atoms with E-state index in [-0.39, 0.29) is 62.6 Å². The minimum atomic E-state index is -1.15. The van der Waals surface area contributed by atoms with E-state index in [9.17, 15) is 24.3 Å². The molecule has 15 nitrogen and oxygen atoms in total. The first kappa shape index (κ1) is 37.9. The van der Waals surface area contributed by atoms with Crippen LogP contribution in [0.5, 0.6) is 11.5 Å². The third-order valence-electron chi connectivity index (χ3n) is 10.9. The number of aliphatic hydroxyl groups is 1. The van der Waals surface area contributed by atoms with E-state index in [1.165, 1.54) is 11.8 Å². The number of ketones is 1. The van der Waals surface area contributed by atoms with Gasteiger partial charge in [-0.05, 0) is 76.7 Å². The Morgan fingerprint density at radius 3 is 2.67 bits per heavy atom. The Morgan fingerprint density at radius 2 is 1.96 bits per heavy atom. The molecular weight excluding hydrogens is 660 g/mol. The molecule has 15 heteroatoms. The van der Waals surface area contributed by atoms with Gasteiger partial charge in [0.25, 0.3) is 0 Å². The van der Waals surface area contributed by atoms with Crippen LogP contribution < -0.4 is 26.3 Å². The van der Waals surface area contributed by atoms with Gasteiger partial charge in [0.1, 0.15) is 11.5 Å². The van der Waals surface area contributed by atoms with Crippen LogP contribution in [0.1, 0.15) is 75.8 Å². The molecule has 5 atom stereocenters. The molecule has 1 saturated heterocycles. The highest BCUT2D eigenvalue weighted by Gasteiger charge is 2.72. The zero-order valence-electron chi connectivity index (χ0n) is 29.8. The third-order valence-corrected chi connectivity index (χ3v) is 10.9. The molecule has 0 unspecified atom stereocenters. The van der Waals surface area contributed by atoms with Gasteiger partial charge in [0.15, 0.2) is 23.6 Å². The summed E-state index contributed by atoms with van der Waals surface area (Å²) >= 11 is 0. The number of unbranched alkanes of at least 4 members (excludes halogenated alkanes) is 2. The van der Waals surface area contributed by atoms with Crippen LogP contribution in [0.15, 0.2) is 29.0 Å². The number of carboxylic acids is 1. The van der Waals surface area contributed by atoms with Crippen LogP contribution in [0.4, 0.5) is 4.79 Å². The van der Waals surface area contributed by atoms with Crippen LogP contribution in [0.2, 0.25) is 0 Å². The topological polar surface area (TPSA) is 219 Å². The number of piperidine rings is 1. The number of rotatable bonds is 18. The van der Waals surface area contributed by atoms with E-state index in [2.05, 4.69) is 15.2 Å². The number of nitrogens with zero attached hydrogens (tertiary/aromatic N) is 3. The van der Waals surface area contributed by atoms with E-state index in [0.717, 1.165) is 17.7 Å². The minimum Gasteiger partial charge on any atom is -0.493 e. The largest absolute Gasteiger partial charge is 0.493 e. The summed E-state index contributed by atoms with van der Waals surface area (Å²) in [6.45, 7) is 2.98. The Kier molecular flexibility index (Phi) is 11.8. The molecule has 280 valence electrons. The molecular formula is C36H52N6O9. The number of ether oxygens (including phenoxy) is 3. The highest BCUT2D eigenvalue weighted by molar-refractivity contribution is 5.85. The van der Waals surface area contributed by atoms with E-state index in [1.54, 1.807) is 13.2 Å². The number of amides is 2. The maximum absolute atomic E-state index is 13.9. The molecule has 2 bridgehead atoms. The molecule has 1 spiro atoms. The number of likely N-dealkylation sites (tertiary alicyclic amines) is 1. The first-order chi connectivity index (χ1) is 24.3. The van der Waals surface area contributed by atoms with Gasteiger partial charge in [-0.2, -0.15) is 0 Å². The van der Waals surface area contributed by atoms with Crippen molar-refractivity contribution < 1.29 is 43.6 Å². The summed E-state index contributed by atoms with van der Waals surface area (Å²) in [5, 5.41) is 24.4. The Morgan fingerprint density at radius 1 is 1.18 bits per heavy atom. The van der Waals surface area contributed by atoms with Gasteiger partial charge >= 0.3 is 12.1 Å². The van der Waals surface area contributed by atoms with Gasteiger partial charge in [0, 0.05) is 63.0 Å². The number of carbonyl (C=O) groups excluding carboxylic acids is 3. The van der Waals surface area contributed by atoms with E-state index in [4.69, 9.17) is 30.8 Å². The first-order valence-corrected chi connectivity index (χ1v) is 17.8. The maximum Gasteiger partial charge on any atom is 0.415 e. The maximum atomic E-state index is 13.9. The zero-order chi connectivity index (χ0) is 36.9. The lowest BCUT2D eigenvalue weighted by Crippen LogP contribution is -2.74. The van der Waals surface area contributed by atoms with Crippen LogP contribution in [0.25, 0.3) is 0 Å². The van der Waals surface area contributed by atoms with Crippen molar-refractivity contribution >= 4 is 29.7 Å². The van der Waals surface area contributed by atoms with Gasteiger partial charge < -0.3 is 55.8 Å². The number of Topliss-reactive ketones (excluding diaryl/α,β-unsaturated/α-hetero) is 1. The standard InChI is InChI=1S/C36H52N6O9/c1-22(43)20-24(8-7-15-40-33(37)38)32(46)39-16-19-42(17-6-4-5-9-28(44)45)34(47)50-26-12-13-36(48)27-21-23-10-11-25(49-3)30-29(23)35(36,31(26)51-30)14-18-41(27)2/h10-12,24,27,31,48H,4-9,13-21H2,1-3H3,(H,39,46)(H,44,45)(H4,37,38,40)/t24-,27-,31+,35+,36-/m1/s1. The molecule has 1 aromatic rings. The lowest BCUT2D eigenvalue weighted by atomic mass is 9.50. The van der Waals surface area contributed by atoms with Crippen molar-refractivity contribution in [2.45, 2.75) is 94.3 Å². The monoisotopic (exact) mass is 712 g/mol. The Labute approximate surface area is 298 Å². The van der Waals surface area contributed by atoms with Crippen LogP contribution in [0.3, 0.4) is 0 Å². The SMILES string of the molecule is COc1ccc2c3c1O[C@H]1C(OC(=O)N(CCCCCC(=O)O)CCNC(=O)[C@H](CCCN=C(N)N)CC(C)=O)=CC[C@@]4(O)[C@@H](C2)N(C)CC[C@]314. The number of aliphatic imine (C=N–C) groups is 1. The van der Waals surface area contributed by atoms with Gasteiger partial charge in [-0.3, -0.25) is 14.6 Å². The van der Waals surface area contributed by atoms with E-state index >= 15 is 0 Å². The number of hydrogen-bond donors (Lipinski definition) is 5. The average molecular weight is 713 g/mol. The molecule has 2 aliphatic heterocycles. The predicted octanol–water partition coefficient (Wildman–Crippen LogP) is 1.82. The third kappa shape index (κ3) is 7.64. The number of carboxylic acid groups (broad SMARTS) is 1. The molecule has 51 heavy (non-hydrogen) atoms. The summed E-state index contributed by atoms with van der Waals surface area (Å²) in [5.74, 6) is -0.481. The van der Waals surface area contributed by atoms with E-state index < -0.39 is 35.1 Å². The van der Waals surface area contributed by atoms with Gasteiger partial charge in [0.2, 0.25) is 5.91 Å². The van der Waals surface area contributed by atoms with Crippen LogP contribution >= 0.6 is 0 Å². The summed E-state index contributed by atoms with van der Waals surface area (Å²) < 4.78 is 18.5. The molecule has 2 aliphatic carbocycles. The summed E-state index contributed by atoms with van der Waals surface area (Å²) in [4.78, 5) is 57.7. The van der Waals surface area contributed by atoms with E-state index in [1.807, 2.05) is 19.2 Å². The number of carbonyl (C=O) groups is 4. The Hall–Kier alpha value is -4.37. The van der Waals surface area contributed by atoms with Gasteiger partial charge in [-0.15, -0.1) is 0 Å². The van der Waals surface area contributed by atoms with Crippen molar-refractivity contribution in [3.8, 4) is 11.5 Å². The summed E-state index contributed by atoms with van der Waals surface area (Å²) in [7, 11) is 3.60. The van der Waals surface area contributed by atoms with Crippen molar-refractivity contribution in [2.24, 2.45) is 22.4 Å². The summed E-state index contributed by atoms with van der Waals surface area (Å²) in [6.07, 6.45) is 4.47. The summed E-state index contributed by atoms with van der Waals surface area (Å²) in [5.41, 5.74) is 10.8. The second kappa shape index (κ2) is 15.9. The zero-order valence-corrected chi connectivity index (χ0v) is 29.8. The second-order valence-electron chi connectivity index (χ2n) is 14.2. The number of guanidine groups is 1. The lowest BCUT2D eigenvalue weighted by Gasteiger charge is -2.61. The van der Waals surface area contributed by atoms with Crippen molar-refractivity contribution in [3.05, 3.63) is 35.1 Å². The fourth-order valence-corrected chi connectivity index (χ4v) is 8.48. The number of aliphatic carboxylic acids is 1. The average Bonchev–Trinajstić information content (AvgIpc) is 3.43. The molecule has 5 rings (SSSR count). The molecule has 2 heterocycles. The van der Waals surface area contributed by atoms with E-state index in [0.29, 0.717) is 68.7 Å². The van der Waals surface area contributed by atoms with Crippen LogP contribution in [0, 0.1) is 5.92 Å². The number of likely N-dealkylation sites (N-methyl/N-ethyl adjacent to an activating group) is 1. The van der Waals surface area contributed by atoms with Crippen molar-refractivity contribution in [3.63, 3.8) is 0 Å². The van der Waals surface area contributed by atoms with Crippen molar-refractivity contribution in [2.75, 3.05) is 46.9 Å². The number of benzene rings is 1. The fourth-order valence-electron chi connectivity index (χ4n) is 8.48. The van der Waals surface area contributed by atoms with Crippen molar-refractivity contribution in [1.29, 1.82) is 0 Å². The van der Waals surface area contributed by atoms with Crippen LogP contribution in [-0.2, 0) is 31.0 Å². The number of nitrogens with one attached hydrogen (secondary N) is 1. The molecule has 0 aromatic heterocycles. The number of methoxy groups -OCH3 is 1. The quantitative estimate of drug-likeness (QED) is 0.0836.